The Morgan fingerprint density at radius 2 is 1.92 bits per heavy atom. The molecule has 5 heteroatoms. The number of aliphatic hydroxyl groups is 1. The zero-order valence-electron chi connectivity index (χ0n) is 14.7. The normalized spacial score (nSPS) is 17.7. The molecule has 0 aliphatic heterocycles. The molecule has 134 valence electrons. The molecule has 3 aromatic rings. The zero-order valence-corrected chi connectivity index (χ0v) is 14.7. The van der Waals surface area contributed by atoms with Crippen LogP contribution < -0.4 is 0 Å². The van der Waals surface area contributed by atoms with Gasteiger partial charge in [-0.15, -0.1) is 0 Å². The maximum atomic E-state index is 10.3. The number of nitrogens with zero attached hydrogens (tertiary/aromatic N) is 3. The number of benzene rings is 2. The van der Waals surface area contributed by atoms with Gasteiger partial charge in [-0.2, -0.15) is 5.10 Å². The summed E-state index contributed by atoms with van der Waals surface area (Å²) >= 11 is 0. The lowest BCUT2D eigenvalue weighted by Gasteiger charge is -2.26. The number of ether oxygens (including phenoxy) is 1. The molecule has 1 aliphatic rings. The molecule has 5 nitrogen and oxygen atoms in total. The first kappa shape index (κ1) is 16.9. The van der Waals surface area contributed by atoms with Gasteiger partial charge < -0.3 is 9.84 Å². The van der Waals surface area contributed by atoms with E-state index >= 15 is 0 Å². The zero-order chi connectivity index (χ0) is 17.8. The molecule has 1 heterocycles. The van der Waals surface area contributed by atoms with Crippen LogP contribution in [0.1, 0.15) is 30.1 Å². The van der Waals surface area contributed by atoms with Crippen molar-refractivity contribution < 1.29 is 9.84 Å². The Balaban J connectivity index is 1.34. The van der Waals surface area contributed by atoms with E-state index in [9.17, 15) is 5.11 Å². The third-order valence-corrected chi connectivity index (χ3v) is 4.77. The van der Waals surface area contributed by atoms with Gasteiger partial charge in [0.05, 0.1) is 25.4 Å². The Morgan fingerprint density at radius 3 is 2.81 bits per heavy atom. The minimum Gasteiger partial charge on any atom is -0.389 e. The van der Waals surface area contributed by atoms with Crippen molar-refractivity contribution >= 4 is 0 Å². The quantitative estimate of drug-likeness (QED) is 0.741. The van der Waals surface area contributed by atoms with Crippen LogP contribution in [0.5, 0.6) is 0 Å². The van der Waals surface area contributed by atoms with Gasteiger partial charge in [0.25, 0.3) is 0 Å². The minimum atomic E-state index is -0.616. The molecule has 1 aromatic heterocycles. The summed E-state index contributed by atoms with van der Waals surface area (Å²) in [4.78, 5) is 4.32. The maximum Gasteiger partial charge on any atom is 0.181 e. The highest BCUT2D eigenvalue weighted by Crippen LogP contribution is 2.32. The average molecular weight is 349 g/mol. The van der Waals surface area contributed by atoms with Crippen LogP contribution in [-0.2, 0) is 17.7 Å². The fraction of sp³-hybridized carbons (Fsp3) is 0.333. The van der Waals surface area contributed by atoms with Gasteiger partial charge in [0, 0.05) is 5.56 Å². The molecular formula is C21H23N3O2. The van der Waals surface area contributed by atoms with Gasteiger partial charge in [-0.1, -0.05) is 54.6 Å². The molecule has 4 rings (SSSR count). The first-order valence-electron chi connectivity index (χ1n) is 9.12. The van der Waals surface area contributed by atoms with Crippen molar-refractivity contribution in [3.05, 3.63) is 72.1 Å². The molecule has 0 saturated carbocycles. The van der Waals surface area contributed by atoms with Gasteiger partial charge in [-0.3, -0.25) is 0 Å². The summed E-state index contributed by atoms with van der Waals surface area (Å²) in [5.74, 6) is 0.667. The molecule has 0 amide bonds. The Morgan fingerprint density at radius 1 is 1.12 bits per heavy atom. The van der Waals surface area contributed by atoms with E-state index in [2.05, 4.69) is 34.3 Å². The third kappa shape index (κ3) is 3.84. The Labute approximate surface area is 153 Å². The second-order valence-corrected chi connectivity index (χ2v) is 6.72. The second-order valence-electron chi connectivity index (χ2n) is 6.72. The van der Waals surface area contributed by atoms with Crippen molar-refractivity contribution in [2.45, 2.75) is 38.0 Å². The standard InChI is InChI=1S/C21H23N3O2/c25-18(13-24-15-22-21(23-24)17-8-2-1-3-9-17)14-26-20-12-6-10-16-7-4-5-11-19(16)20/h1-5,7-9,11,15,18,20,25H,6,10,12-14H2. The highest BCUT2D eigenvalue weighted by Gasteiger charge is 2.21. The van der Waals surface area contributed by atoms with Crippen LogP contribution in [0, 0.1) is 0 Å². The topological polar surface area (TPSA) is 60.2 Å². The van der Waals surface area contributed by atoms with Crippen LogP contribution in [-0.4, -0.2) is 32.6 Å². The molecule has 0 radical (unpaired) electrons. The van der Waals surface area contributed by atoms with Crippen LogP contribution in [0.4, 0.5) is 0 Å². The van der Waals surface area contributed by atoms with E-state index in [-0.39, 0.29) is 6.10 Å². The molecule has 0 fully saturated rings. The lowest BCUT2D eigenvalue weighted by molar-refractivity contribution is -0.0236. The van der Waals surface area contributed by atoms with E-state index in [4.69, 9.17) is 4.74 Å². The summed E-state index contributed by atoms with van der Waals surface area (Å²) in [6, 6.07) is 18.3. The van der Waals surface area contributed by atoms with Crippen LogP contribution >= 0.6 is 0 Å². The average Bonchev–Trinajstić information content (AvgIpc) is 3.15. The van der Waals surface area contributed by atoms with Crippen LogP contribution in [0.2, 0.25) is 0 Å². The number of hydrogen-bond donors (Lipinski definition) is 1. The predicted molar refractivity (Wildman–Crippen MR) is 99.5 cm³/mol. The fourth-order valence-electron chi connectivity index (χ4n) is 3.48. The van der Waals surface area contributed by atoms with Crippen molar-refractivity contribution in [1.82, 2.24) is 14.8 Å². The molecule has 0 saturated heterocycles. The van der Waals surface area contributed by atoms with E-state index in [1.807, 2.05) is 30.3 Å². The Hall–Kier alpha value is -2.50. The number of rotatable bonds is 6. The van der Waals surface area contributed by atoms with Crippen molar-refractivity contribution in [2.24, 2.45) is 0 Å². The second kappa shape index (κ2) is 7.81. The van der Waals surface area contributed by atoms with E-state index in [0.29, 0.717) is 19.0 Å². The first-order chi connectivity index (χ1) is 12.8. The van der Waals surface area contributed by atoms with Gasteiger partial charge >= 0.3 is 0 Å². The molecule has 2 atom stereocenters. The largest absolute Gasteiger partial charge is 0.389 e. The van der Waals surface area contributed by atoms with Gasteiger partial charge in [0.15, 0.2) is 5.82 Å². The number of fused-ring (bicyclic) bond motifs is 1. The van der Waals surface area contributed by atoms with Crippen molar-refractivity contribution in [2.75, 3.05) is 6.61 Å². The lowest BCUT2D eigenvalue weighted by atomic mass is 9.89. The third-order valence-electron chi connectivity index (χ3n) is 4.77. The van der Waals surface area contributed by atoms with Crippen molar-refractivity contribution in [3.8, 4) is 11.4 Å². The Bertz CT molecular complexity index is 847. The predicted octanol–water partition coefficient (Wildman–Crippen LogP) is 3.40. The minimum absolute atomic E-state index is 0.0743. The number of hydrogen-bond acceptors (Lipinski definition) is 4. The molecule has 0 spiro atoms. The highest BCUT2D eigenvalue weighted by atomic mass is 16.5. The van der Waals surface area contributed by atoms with E-state index < -0.39 is 6.10 Å². The summed E-state index contributed by atoms with van der Waals surface area (Å²) in [5.41, 5.74) is 3.59. The summed E-state index contributed by atoms with van der Waals surface area (Å²) in [6.07, 6.45) is 4.35. The summed E-state index contributed by atoms with van der Waals surface area (Å²) in [5, 5.41) is 14.8. The summed E-state index contributed by atoms with van der Waals surface area (Å²) in [7, 11) is 0. The van der Waals surface area contributed by atoms with E-state index in [1.54, 1.807) is 11.0 Å². The van der Waals surface area contributed by atoms with Crippen molar-refractivity contribution in [1.29, 1.82) is 0 Å². The van der Waals surface area contributed by atoms with E-state index in [0.717, 1.165) is 24.8 Å². The Kier molecular flexibility index (Phi) is 5.09. The maximum absolute atomic E-state index is 10.3. The molecule has 2 aromatic carbocycles. The van der Waals surface area contributed by atoms with Gasteiger partial charge in [0.2, 0.25) is 0 Å². The molecule has 0 bridgehead atoms. The molecule has 1 aliphatic carbocycles. The molecule has 2 unspecified atom stereocenters. The monoisotopic (exact) mass is 349 g/mol. The number of aryl methyl sites for hydroxylation is 1. The fourth-order valence-corrected chi connectivity index (χ4v) is 3.48. The smallest absolute Gasteiger partial charge is 0.181 e. The number of aromatic nitrogens is 3. The highest BCUT2D eigenvalue weighted by molar-refractivity contribution is 5.53. The first-order valence-corrected chi connectivity index (χ1v) is 9.12. The molecule has 1 N–H and O–H groups in total. The summed E-state index contributed by atoms with van der Waals surface area (Å²) in [6.45, 7) is 0.660. The van der Waals surface area contributed by atoms with Gasteiger partial charge in [0.1, 0.15) is 6.33 Å². The SMILES string of the molecule is OC(COC1CCCc2ccccc21)Cn1cnc(-c2ccccc2)n1. The van der Waals surface area contributed by atoms with Gasteiger partial charge in [-0.25, -0.2) is 9.67 Å². The molecular weight excluding hydrogens is 326 g/mol. The lowest BCUT2D eigenvalue weighted by Crippen LogP contribution is -2.24. The van der Waals surface area contributed by atoms with Crippen LogP contribution in [0.3, 0.4) is 0 Å². The molecule has 26 heavy (non-hydrogen) atoms. The number of aliphatic hydroxyl groups excluding tert-OH is 1. The van der Waals surface area contributed by atoms with E-state index in [1.165, 1.54) is 11.1 Å². The summed E-state index contributed by atoms with van der Waals surface area (Å²) < 4.78 is 7.70. The van der Waals surface area contributed by atoms with Crippen LogP contribution in [0.25, 0.3) is 11.4 Å². The van der Waals surface area contributed by atoms with Gasteiger partial charge in [-0.05, 0) is 30.4 Å². The van der Waals surface area contributed by atoms with Crippen molar-refractivity contribution in [3.63, 3.8) is 0 Å². The van der Waals surface area contributed by atoms with Crippen LogP contribution in [0.15, 0.2) is 60.9 Å².